The fourth-order valence-corrected chi connectivity index (χ4v) is 4.45. The number of carboxylic acids is 1. The van der Waals surface area contributed by atoms with Gasteiger partial charge >= 0.3 is 5.97 Å². The first-order chi connectivity index (χ1) is 17.3. The molecule has 2 N–H and O–H groups in total. The average molecular weight is 493 g/mol. The van der Waals surface area contributed by atoms with Gasteiger partial charge in [0.15, 0.2) is 17.7 Å². The number of halogens is 2. The number of nitrogens with zero attached hydrogens (tertiary/aromatic N) is 1. The molecular weight excluding hydrogens is 472 g/mol. The summed E-state index contributed by atoms with van der Waals surface area (Å²) in [5.74, 6) is -3.12. The van der Waals surface area contributed by atoms with Crippen LogP contribution in [0.2, 0.25) is 0 Å². The summed E-state index contributed by atoms with van der Waals surface area (Å²) in [6, 6.07) is 14.6. The summed E-state index contributed by atoms with van der Waals surface area (Å²) in [7, 11) is 0. The number of fused-ring (bicyclic) bond motifs is 1. The van der Waals surface area contributed by atoms with E-state index in [1.54, 1.807) is 48.5 Å². The van der Waals surface area contributed by atoms with Crippen molar-refractivity contribution in [2.45, 2.75) is 25.2 Å². The Kier molecular flexibility index (Phi) is 6.15. The van der Waals surface area contributed by atoms with E-state index in [0.717, 1.165) is 6.07 Å². The third-order valence-electron chi connectivity index (χ3n) is 6.25. The average Bonchev–Trinajstić information content (AvgIpc) is 3.52. The maximum absolute atomic E-state index is 14.0. The van der Waals surface area contributed by atoms with Gasteiger partial charge in [-0.2, -0.15) is 0 Å². The van der Waals surface area contributed by atoms with Gasteiger partial charge in [-0.1, -0.05) is 24.3 Å². The van der Waals surface area contributed by atoms with E-state index in [4.69, 9.17) is 9.15 Å². The Morgan fingerprint density at radius 2 is 1.86 bits per heavy atom. The Bertz CT molecular complexity index is 1450. The number of ether oxygens (including phenoxy) is 1. The second-order valence-electron chi connectivity index (χ2n) is 8.53. The van der Waals surface area contributed by atoms with Gasteiger partial charge in [0.2, 0.25) is 0 Å². The molecular formula is C27H21F2NO6. The van der Waals surface area contributed by atoms with Crippen molar-refractivity contribution in [3.05, 3.63) is 89.7 Å². The molecule has 3 aromatic carbocycles. The maximum atomic E-state index is 14.0. The van der Waals surface area contributed by atoms with Crippen LogP contribution in [-0.4, -0.2) is 45.7 Å². The predicted octanol–water partition coefficient (Wildman–Crippen LogP) is 4.62. The van der Waals surface area contributed by atoms with Crippen LogP contribution in [0.1, 0.15) is 22.3 Å². The molecule has 1 aliphatic heterocycles. The minimum absolute atomic E-state index is 0.0675. The van der Waals surface area contributed by atoms with Gasteiger partial charge in [-0.05, 0) is 53.9 Å². The zero-order chi connectivity index (χ0) is 25.4. The molecule has 2 heterocycles. The number of aliphatic hydroxyl groups is 1. The fourth-order valence-electron chi connectivity index (χ4n) is 4.45. The highest BCUT2D eigenvalue weighted by atomic mass is 19.2. The largest absolute Gasteiger partial charge is 0.489 e. The maximum Gasteiger partial charge on any atom is 0.329 e. The van der Waals surface area contributed by atoms with Gasteiger partial charge in [0.1, 0.15) is 17.9 Å². The molecule has 1 fully saturated rings. The first kappa shape index (κ1) is 23.5. The van der Waals surface area contributed by atoms with Crippen LogP contribution in [0.15, 0.2) is 71.3 Å². The number of aliphatic carboxylic acids is 1. The van der Waals surface area contributed by atoms with Gasteiger partial charge < -0.3 is 24.3 Å². The van der Waals surface area contributed by atoms with Gasteiger partial charge in [0.05, 0.1) is 17.8 Å². The minimum Gasteiger partial charge on any atom is -0.489 e. The number of likely N-dealkylation sites (tertiary alicyclic amines) is 1. The Balaban J connectivity index is 1.29. The number of carboxylic acid groups (broad SMARTS) is 1. The van der Waals surface area contributed by atoms with E-state index in [-0.39, 0.29) is 30.5 Å². The number of amides is 1. The number of hydrogen-bond donors (Lipinski definition) is 2. The number of hydrogen-bond acceptors (Lipinski definition) is 5. The molecule has 0 radical (unpaired) electrons. The lowest BCUT2D eigenvalue weighted by molar-refractivity contribution is -0.144. The molecule has 184 valence electrons. The van der Waals surface area contributed by atoms with E-state index in [1.807, 2.05) is 0 Å². The zero-order valence-electron chi connectivity index (χ0n) is 18.9. The Morgan fingerprint density at radius 3 is 2.61 bits per heavy atom. The monoisotopic (exact) mass is 493 g/mol. The number of carbonyl (C=O) groups is 2. The van der Waals surface area contributed by atoms with E-state index >= 15 is 0 Å². The van der Waals surface area contributed by atoms with Crippen LogP contribution in [0.3, 0.4) is 0 Å². The van der Waals surface area contributed by atoms with E-state index < -0.39 is 35.7 Å². The summed E-state index contributed by atoms with van der Waals surface area (Å²) >= 11 is 0. The van der Waals surface area contributed by atoms with E-state index in [0.29, 0.717) is 28.0 Å². The molecule has 0 bridgehead atoms. The second kappa shape index (κ2) is 9.43. The standard InChI is InChI=1S/C27H21F2NO6/c28-21-13-20(25-19(23(21)29)9-11-35-25)16-4-6-18(7-5-16)36-14-15-2-1-3-17(12-15)26(32)30-10-8-22(31)24(30)27(33)34/h1-7,9,11-13,22,24,31H,8,10,14H2,(H,33,34)/t22-,24-/m0/s1. The molecule has 1 aromatic heterocycles. The SMILES string of the molecule is O=C(O)[C@@H]1[C@@H](O)CCN1C(=O)c1cccc(COc2ccc(-c3cc(F)c(F)c4ccoc34)cc2)c1. The molecule has 1 saturated heterocycles. The molecule has 7 nitrogen and oxygen atoms in total. The lowest BCUT2D eigenvalue weighted by Gasteiger charge is -2.23. The van der Waals surface area contributed by atoms with Gasteiger partial charge in [-0.3, -0.25) is 4.79 Å². The summed E-state index contributed by atoms with van der Waals surface area (Å²) in [6.07, 6.45) is 0.411. The Labute approximate surface area is 204 Å². The molecule has 2 atom stereocenters. The fraction of sp³-hybridized carbons (Fsp3) is 0.185. The molecule has 36 heavy (non-hydrogen) atoms. The number of benzene rings is 3. The van der Waals surface area contributed by atoms with Crippen molar-refractivity contribution in [3.8, 4) is 16.9 Å². The van der Waals surface area contributed by atoms with E-state index in [2.05, 4.69) is 0 Å². The third-order valence-corrected chi connectivity index (χ3v) is 6.25. The van der Waals surface area contributed by atoms with Crippen molar-refractivity contribution in [1.29, 1.82) is 0 Å². The topological polar surface area (TPSA) is 100 Å². The highest BCUT2D eigenvalue weighted by Gasteiger charge is 2.41. The quantitative estimate of drug-likeness (QED) is 0.407. The van der Waals surface area contributed by atoms with Crippen molar-refractivity contribution >= 4 is 22.8 Å². The summed E-state index contributed by atoms with van der Waals surface area (Å²) < 4.78 is 39.2. The van der Waals surface area contributed by atoms with E-state index in [1.165, 1.54) is 17.2 Å². The Hall–Kier alpha value is -4.24. The molecule has 0 unspecified atom stereocenters. The summed E-state index contributed by atoms with van der Waals surface area (Å²) in [6.45, 7) is 0.297. The summed E-state index contributed by atoms with van der Waals surface area (Å²) in [5, 5.41) is 19.3. The zero-order valence-corrected chi connectivity index (χ0v) is 18.9. The van der Waals surface area contributed by atoms with Crippen molar-refractivity contribution in [2.24, 2.45) is 0 Å². The van der Waals surface area contributed by atoms with Crippen molar-refractivity contribution < 1.29 is 37.7 Å². The van der Waals surface area contributed by atoms with Crippen LogP contribution >= 0.6 is 0 Å². The second-order valence-corrected chi connectivity index (χ2v) is 8.53. The third kappa shape index (κ3) is 4.29. The van der Waals surface area contributed by atoms with Crippen molar-refractivity contribution in [1.82, 2.24) is 4.90 Å². The molecule has 1 amide bonds. The summed E-state index contributed by atoms with van der Waals surface area (Å²) in [5.41, 5.74) is 2.27. The van der Waals surface area contributed by atoms with Crippen molar-refractivity contribution in [2.75, 3.05) is 6.54 Å². The normalized spacial score (nSPS) is 17.5. The first-order valence-corrected chi connectivity index (χ1v) is 11.2. The van der Waals surface area contributed by atoms with Crippen molar-refractivity contribution in [3.63, 3.8) is 0 Å². The number of carbonyl (C=O) groups excluding carboxylic acids is 1. The molecule has 5 rings (SSSR count). The minimum atomic E-state index is -1.27. The van der Waals surface area contributed by atoms with Gasteiger partial charge in [0, 0.05) is 17.7 Å². The Morgan fingerprint density at radius 1 is 1.08 bits per heavy atom. The molecule has 9 heteroatoms. The highest BCUT2D eigenvalue weighted by Crippen LogP contribution is 2.33. The van der Waals surface area contributed by atoms with Crippen LogP contribution in [0.25, 0.3) is 22.1 Å². The van der Waals surface area contributed by atoms with Gasteiger partial charge in [0.25, 0.3) is 5.91 Å². The molecule has 4 aromatic rings. The first-order valence-electron chi connectivity index (χ1n) is 11.2. The number of aliphatic hydroxyl groups excluding tert-OH is 1. The van der Waals surface area contributed by atoms with Gasteiger partial charge in [-0.15, -0.1) is 0 Å². The predicted molar refractivity (Wildman–Crippen MR) is 125 cm³/mol. The summed E-state index contributed by atoms with van der Waals surface area (Å²) in [4.78, 5) is 25.5. The number of rotatable bonds is 6. The van der Waals surface area contributed by atoms with Crippen LogP contribution in [-0.2, 0) is 11.4 Å². The van der Waals surface area contributed by atoms with Crippen LogP contribution in [0.5, 0.6) is 5.75 Å². The molecule has 0 saturated carbocycles. The molecule has 0 aliphatic carbocycles. The van der Waals surface area contributed by atoms with E-state index in [9.17, 15) is 28.6 Å². The number of furan rings is 1. The van der Waals surface area contributed by atoms with Gasteiger partial charge in [-0.25, -0.2) is 13.6 Å². The molecule has 0 spiro atoms. The van der Waals surface area contributed by atoms with Crippen LogP contribution in [0, 0.1) is 11.6 Å². The molecule has 1 aliphatic rings. The van der Waals surface area contributed by atoms with Crippen LogP contribution < -0.4 is 4.74 Å². The smallest absolute Gasteiger partial charge is 0.329 e. The van der Waals surface area contributed by atoms with Crippen LogP contribution in [0.4, 0.5) is 8.78 Å². The lowest BCUT2D eigenvalue weighted by atomic mass is 10.0. The lowest BCUT2D eigenvalue weighted by Crippen LogP contribution is -2.45. The highest BCUT2D eigenvalue weighted by molar-refractivity contribution is 5.97.